The molecule has 1 heterocycles. The van der Waals surface area contributed by atoms with Crippen molar-refractivity contribution < 1.29 is 0 Å². The minimum atomic E-state index is 0.423. The minimum Gasteiger partial charge on any atom is -0.338 e. The highest BCUT2D eigenvalue weighted by atomic mass is 35.5. The maximum Gasteiger partial charge on any atom is 0.109 e. The van der Waals surface area contributed by atoms with Crippen molar-refractivity contribution in [3.63, 3.8) is 0 Å². The highest BCUT2D eigenvalue weighted by Crippen LogP contribution is 2.21. The van der Waals surface area contributed by atoms with Crippen LogP contribution in [0.15, 0.2) is 41.6 Å². The molecule has 0 aliphatic rings. The average molecular weight is 324 g/mol. The second-order valence-corrected chi connectivity index (χ2v) is 6.60. The van der Waals surface area contributed by atoms with Crippen LogP contribution in [0.5, 0.6) is 0 Å². The van der Waals surface area contributed by atoms with Gasteiger partial charge >= 0.3 is 0 Å². The third-order valence-corrected chi connectivity index (χ3v) is 4.72. The van der Waals surface area contributed by atoms with Crippen molar-refractivity contribution in [2.75, 3.05) is 12.3 Å². The van der Waals surface area contributed by atoms with E-state index < -0.39 is 0 Å². The molecule has 0 fully saturated rings. The SMILES string of the molecule is CCCNC(CSc1ccc(Cl)cc1)Cc1nccn1C. The first-order valence-electron chi connectivity index (χ1n) is 7.27. The predicted octanol–water partition coefficient (Wildman–Crippen LogP) is 3.78. The lowest BCUT2D eigenvalue weighted by atomic mass is 10.2. The summed E-state index contributed by atoms with van der Waals surface area (Å²) in [6.45, 7) is 3.23. The van der Waals surface area contributed by atoms with E-state index in [1.54, 1.807) is 0 Å². The van der Waals surface area contributed by atoms with Gasteiger partial charge in [-0.25, -0.2) is 4.98 Å². The van der Waals surface area contributed by atoms with Crippen LogP contribution in [0.3, 0.4) is 0 Å². The zero-order chi connectivity index (χ0) is 15.1. The first kappa shape index (κ1) is 16.4. The molecule has 3 nitrogen and oxygen atoms in total. The smallest absolute Gasteiger partial charge is 0.109 e. The number of nitrogens with zero attached hydrogens (tertiary/aromatic N) is 2. The Morgan fingerprint density at radius 2 is 2.10 bits per heavy atom. The highest BCUT2D eigenvalue weighted by Gasteiger charge is 2.12. The van der Waals surface area contributed by atoms with Crippen LogP contribution < -0.4 is 5.32 Å². The number of halogens is 1. The molecule has 21 heavy (non-hydrogen) atoms. The van der Waals surface area contributed by atoms with Gasteiger partial charge in [-0.15, -0.1) is 11.8 Å². The van der Waals surface area contributed by atoms with E-state index in [1.165, 1.54) is 4.90 Å². The van der Waals surface area contributed by atoms with Gasteiger partial charge in [0.25, 0.3) is 0 Å². The molecule has 1 aromatic carbocycles. The van der Waals surface area contributed by atoms with Gasteiger partial charge in [-0.05, 0) is 37.2 Å². The summed E-state index contributed by atoms with van der Waals surface area (Å²) >= 11 is 7.78. The van der Waals surface area contributed by atoms with Gasteiger partial charge in [-0.2, -0.15) is 0 Å². The summed E-state index contributed by atoms with van der Waals surface area (Å²) in [4.78, 5) is 5.68. The van der Waals surface area contributed by atoms with Gasteiger partial charge in [-0.1, -0.05) is 18.5 Å². The Morgan fingerprint density at radius 3 is 2.71 bits per heavy atom. The van der Waals surface area contributed by atoms with Crippen LogP contribution in [0.25, 0.3) is 0 Å². The summed E-state index contributed by atoms with van der Waals surface area (Å²) in [7, 11) is 2.05. The number of rotatable bonds is 8. The van der Waals surface area contributed by atoms with E-state index in [1.807, 2.05) is 43.3 Å². The van der Waals surface area contributed by atoms with Crippen molar-refractivity contribution in [2.24, 2.45) is 7.05 Å². The molecular weight excluding hydrogens is 302 g/mol. The molecule has 1 unspecified atom stereocenters. The van der Waals surface area contributed by atoms with E-state index in [0.717, 1.165) is 36.0 Å². The summed E-state index contributed by atoms with van der Waals surface area (Å²) < 4.78 is 2.09. The molecule has 0 aliphatic carbocycles. The number of thioether (sulfide) groups is 1. The summed E-state index contributed by atoms with van der Waals surface area (Å²) in [5, 5.41) is 4.40. The van der Waals surface area contributed by atoms with Gasteiger partial charge in [0.05, 0.1) is 0 Å². The van der Waals surface area contributed by atoms with Crippen LogP contribution in [-0.4, -0.2) is 27.9 Å². The maximum atomic E-state index is 5.92. The third-order valence-electron chi connectivity index (χ3n) is 3.30. The lowest BCUT2D eigenvalue weighted by Gasteiger charge is -2.18. The zero-order valence-electron chi connectivity index (χ0n) is 12.6. The quantitative estimate of drug-likeness (QED) is 0.750. The number of hydrogen-bond donors (Lipinski definition) is 1. The topological polar surface area (TPSA) is 29.9 Å². The fourth-order valence-electron chi connectivity index (χ4n) is 2.08. The molecule has 0 saturated heterocycles. The monoisotopic (exact) mass is 323 g/mol. The van der Waals surface area contributed by atoms with E-state index >= 15 is 0 Å². The Morgan fingerprint density at radius 1 is 1.33 bits per heavy atom. The predicted molar refractivity (Wildman–Crippen MR) is 91.2 cm³/mol. The minimum absolute atomic E-state index is 0.423. The number of aryl methyl sites for hydroxylation is 1. The van der Waals surface area contributed by atoms with Gasteiger partial charge in [-0.3, -0.25) is 0 Å². The Bertz CT molecular complexity index is 539. The summed E-state index contributed by atoms with van der Waals surface area (Å²) in [6.07, 6.45) is 5.95. The summed E-state index contributed by atoms with van der Waals surface area (Å²) in [5.41, 5.74) is 0. The fourth-order valence-corrected chi connectivity index (χ4v) is 3.16. The molecule has 114 valence electrons. The second kappa shape index (κ2) is 8.47. The molecule has 1 N–H and O–H groups in total. The van der Waals surface area contributed by atoms with Gasteiger partial charge in [0, 0.05) is 47.6 Å². The standard InChI is InChI=1S/C16H22ClN3S/c1-3-8-18-14(11-16-19-9-10-20(16)2)12-21-15-6-4-13(17)5-7-15/h4-7,9-10,14,18H,3,8,11-12H2,1-2H3. The number of hydrogen-bond acceptors (Lipinski definition) is 3. The normalized spacial score (nSPS) is 12.5. The van der Waals surface area contributed by atoms with Crippen molar-refractivity contribution >= 4 is 23.4 Å². The maximum absolute atomic E-state index is 5.92. The van der Waals surface area contributed by atoms with E-state index in [-0.39, 0.29) is 0 Å². The van der Waals surface area contributed by atoms with E-state index in [9.17, 15) is 0 Å². The number of imidazole rings is 1. The molecule has 1 aromatic heterocycles. The van der Waals surface area contributed by atoms with Crippen LogP contribution in [0.4, 0.5) is 0 Å². The molecule has 0 aliphatic heterocycles. The van der Waals surface area contributed by atoms with Crippen LogP contribution in [-0.2, 0) is 13.5 Å². The van der Waals surface area contributed by atoms with Gasteiger partial charge in [0.1, 0.15) is 5.82 Å². The average Bonchev–Trinajstić information content (AvgIpc) is 2.89. The van der Waals surface area contributed by atoms with Crippen molar-refractivity contribution in [1.29, 1.82) is 0 Å². The van der Waals surface area contributed by atoms with Crippen molar-refractivity contribution in [3.05, 3.63) is 47.5 Å². The first-order valence-corrected chi connectivity index (χ1v) is 8.63. The van der Waals surface area contributed by atoms with E-state index in [2.05, 4.69) is 33.9 Å². The molecule has 1 atom stereocenters. The number of benzene rings is 1. The lowest BCUT2D eigenvalue weighted by Crippen LogP contribution is -2.34. The largest absolute Gasteiger partial charge is 0.338 e. The molecular formula is C16H22ClN3S. The van der Waals surface area contributed by atoms with Crippen molar-refractivity contribution in [1.82, 2.24) is 14.9 Å². The third kappa shape index (κ3) is 5.38. The lowest BCUT2D eigenvalue weighted by molar-refractivity contribution is 0.532. The van der Waals surface area contributed by atoms with Crippen molar-refractivity contribution in [2.45, 2.75) is 30.7 Å². The Labute approximate surface area is 136 Å². The van der Waals surface area contributed by atoms with E-state index in [4.69, 9.17) is 11.6 Å². The molecule has 0 bridgehead atoms. The van der Waals surface area contributed by atoms with Crippen LogP contribution in [0.1, 0.15) is 19.2 Å². The van der Waals surface area contributed by atoms with Crippen LogP contribution in [0.2, 0.25) is 5.02 Å². The molecule has 2 rings (SSSR count). The molecule has 2 aromatic rings. The summed E-state index contributed by atoms with van der Waals surface area (Å²) in [6, 6.07) is 8.45. The number of aromatic nitrogens is 2. The summed E-state index contributed by atoms with van der Waals surface area (Å²) in [5.74, 6) is 2.15. The molecule has 0 spiro atoms. The van der Waals surface area contributed by atoms with Gasteiger partial charge in [0.15, 0.2) is 0 Å². The fraction of sp³-hybridized carbons (Fsp3) is 0.438. The Balaban J connectivity index is 1.92. The molecule has 5 heteroatoms. The Hall–Kier alpha value is -0.970. The molecule has 0 radical (unpaired) electrons. The van der Waals surface area contributed by atoms with Crippen LogP contribution in [0, 0.1) is 0 Å². The van der Waals surface area contributed by atoms with Gasteiger partial charge < -0.3 is 9.88 Å². The second-order valence-electron chi connectivity index (χ2n) is 5.07. The van der Waals surface area contributed by atoms with Gasteiger partial charge in [0.2, 0.25) is 0 Å². The molecule has 0 saturated carbocycles. The Kier molecular flexibility index (Phi) is 6.61. The van der Waals surface area contributed by atoms with E-state index in [0.29, 0.717) is 6.04 Å². The first-order chi connectivity index (χ1) is 10.2. The highest BCUT2D eigenvalue weighted by molar-refractivity contribution is 7.99. The number of nitrogens with one attached hydrogen (secondary N) is 1. The molecule has 0 amide bonds. The van der Waals surface area contributed by atoms with Crippen LogP contribution >= 0.6 is 23.4 Å². The zero-order valence-corrected chi connectivity index (χ0v) is 14.1. The van der Waals surface area contributed by atoms with Crippen molar-refractivity contribution in [3.8, 4) is 0 Å².